The number of pyridine rings is 2. The smallest absolute Gasteiger partial charge is 0.416 e. The first-order valence-electron chi connectivity index (χ1n) is 14.7. The topological polar surface area (TPSA) is 70.9 Å². The van der Waals surface area contributed by atoms with Crippen LogP contribution in [0.4, 0.5) is 22.0 Å². The van der Waals surface area contributed by atoms with E-state index in [9.17, 15) is 22.4 Å². The molecule has 1 saturated heterocycles. The zero-order valence-electron chi connectivity index (χ0n) is 25.1. The Morgan fingerprint density at radius 3 is 2.47 bits per heavy atom. The summed E-state index contributed by atoms with van der Waals surface area (Å²) >= 11 is 1.40. The van der Waals surface area contributed by atoms with E-state index in [4.69, 9.17) is 4.74 Å². The van der Waals surface area contributed by atoms with Crippen LogP contribution in [0.2, 0.25) is 0 Å². The van der Waals surface area contributed by atoms with Crippen molar-refractivity contribution in [2.75, 3.05) is 33.2 Å². The van der Waals surface area contributed by atoms with E-state index in [1.165, 1.54) is 23.5 Å². The summed E-state index contributed by atoms with van der Waals surface area (Å²) in [7, 11) is 2.09. The van der Waals surface area contributed by atoms with Crippen LogP contribution in [0.15, 0.2) is 78.2 Å². The molecule has 1 aliphatic heterocycles. The molecular formula is C34H28F5N5O2S. The number of hydrogen-bond acceptors (Lipinski definition) is 8. The summed E-state index contributed by atoms with van der Waals surface area (Å²) in [4.78, 5) is 24.7. The van der Waals surface area contributed by atoms with Crippen LogP contribution in [0.1, 0.15) is 22.3 Å². The molecule has 0 unspecified atom stereocenters. The number of alkyl halides is 3. The highest BCUT2D eigenvalue weighted by Gasteiger charge is 2.31. The molecule has 0 saturated carbocycles. The van der Waals surface area contributed by atoms with Crippen LogP contribution in [-0.4, -0.2) is 65.1 Å². The normalized spacial score (nSPS) is 14.3. The number of hydrogen-bond donors (Lipinski definition) is 0. The van der Waals surface area contributed by atoms with Crippen LogP contribution in [0.3, 0.4) is 0 Å². The molecule has 0 radical (unpaired) electrons. The summed E-state index contributed by atoms with van der Waals surface area (Å²) in [5.41, 5.74) is 1.11. The van der Waals surface area contributed by atoms with Crippen molar-refractivity contribution in [3.05, 3.63) is 107 Å². The minimum absolute atomic E-state index is 0.0883. The van der Waals surface area contributed by atoms with Crippen molar-refractivity contribution in [2.45, 2.75) is 19.0 Å². The number of rotatable bonds is 9. The van der Waals surface area contributed by atoms with Crippen LogP contribution in [0.25, 0.3) is 20.8 Å². The number of likely N-dealkylation sites (N-methyl/N-ethyl adjacent to an activating group) is 1. The number of ketones is 1. The lowest BCUT2D eigenvalue weighted by atomic mass is 10.0. The second-order valence-corrected chi connectivity index (χ2v) is 12.2. The van der Waals surface area contributed by atoms with Crippen molar-refractivity contribution < 1.29 is 31.5 Å². The lowest BCUT2D eigenvalue weighted by molar-refractivity contribution is -0.137. The zero-order chi connectivity index (χ0) is 33.1. The number of fused-ring (bicyclic) bond motifs is 1. The molecule has 7 nitrogen and oxygen atoms in total. The summed E-state index contributed by atoms with van der Waals surface area (Å²) in [6, 6.07) is 13.2. The molecule has 47 heavy (non-hydrogen) atoms. The van der Waals surface area contributed by atoms with E-state index in [0.717, 1.165) is 48.4 Å². The maximum Gasteiger partial charge on any atom is 0.416 e. The largest absolute Gasteiger partial charge is 0.453 e. The fourth-order valence-electron chi connectivity index (χ4n) is 5.05. The number of aromatic nitrogens is 2. The second-order valence-electron chi connectivity index (χ2n) is 11.2. The lowest BCUT2D eigenvalue weighted by Gasteiger charge is -2.30. The molecular weight excluding hydrogens is 637 g/mol. The Morgan fingerprint density at radius 1 is 0.936 bits per heavy atom. The fourth-order valence-corrected chi connectivity index (χ4v) is 6.10. The number of ether oxygens (including phenoxy) is 1. The fraction of sp³-hybridized carbons (Fsp3) is 0.235. The van der Waals surface area contributed by atoms with Crippen LogP contribution < -0.4 is 4.74 Å². The minimum atomic E-state index is -4.67. The molecule has 13 heteroatoms. The highest BCUT2D eigenvalue weighted by atomic mass is 32.1. The Kier molecular flexibility index (Phi) is 9.28. The molecule has 2 aromatic carbocycles. The maximum atomic E-state index is 15.1. The first-order valence-corrected chi connectivity index (χ1v) is 15.5. The number of halogens is 5. The average molecular weight is 666 g/mol. The van der Waals surface area contributed by atoms with Gasteiger partial charge in [0.15, 0.2) is 11.6 Å². The number of hydrazone groups is 1. The third-order valence-corrected chi connectivity index (χ3v) is 8.80. The van der Waals surface area contributed by atoms with Gasteiger partial charge < -0.3 is 9.64 Å². The predicted molar refractivity (Wildman–Crippen MR) is 170 cm³/mol. The third kappa shape index (κ3) is 7.80. The van der Waals surface area contributed by atoms with Crippen LogP contribution in [0, 0.1) is 11.6 Å². The Hall–Kier alpha value is -4.75. The number of carbonyl (C=O) groups excluding carboxylic acids is 1. The summed E-state index contributed by atoms with van der Waals surface area (Å²) < 4.78 is 74.8. The van der Waals surface area contributed by atoms with Gasteiger partial charge in [0.1, 0.15) is 17.3 Å². The van der Waals surface area contributed by atoms with Crippen molar-refractivity contribution >= 4 is 33.6 Å². The van der Waals surface area contributed by atoms with E-state index >= 15 is 4.39 Å². The molecule has 4 heterocycles. The Labute approximate surface area is 270 Å². The quantitative estimate of drug-likeness (QED) is 0.121. The molecule has 6 rings (SSSR count). The van der Waals surface area contributed by atoms with Gasteiger partial charge in [0.2, 0.25) is 0 Å². The highest BCUT2D eigenvalue weighted by Crippen LogP contribution is 2.39. The summed E-state index contributed by atoms with van der Waals surface area (Å²) in [5, 5.41) is 6.59. The molecule has 0 bridgehead atoms. The summed E-state index contributed by atoms with van der Waals surface area (Å²) in [6.45, 7) is 3.69. The van der Waals surface area contributed by atoms with Crippen molar-refractivity contribution in [1.82, 2.24) is 19.9 Å². The SMILES string of the molecule is CN1CCN(/N=C/c2ccc(-c3cc4nccc(Oc5ccc(CC(=O)Cc6cc(C(F)(F)F)ccc6F)cc5F)c4s3)nc2)CC1. The predicted octanol–water partition coefficient (Wildman–Crippen LogP) is 7.38. The van der Waals surface area contributed by atoms with E-state index in [-0.39, 0.29) is 23.3 Å². The van der Waals surface area contributed by atoms with Gasteiger partial charge in [0.25, 0.3) is 0 Å². The standard InChI is InChI=1S/C34H28F5N5O2S/c1-43-10-12-44(13-11-43)42-20-22-2-6-28(41-19-22)32-18-29-33(47-32)31(8-9-40-29)46-30-7-3-21(15-27(30)36)14-25(45)17-23-16-24(34(37,38)39)4-5-26(23)35/h2-9,15-16,18-20H,10-14,17H2,1H3/b42-20+. The van der Waals surface area contributed by atoms with E-state index in [1.54, 1.807) is 24.7 Å². The Morgan fingerprint density at radius 2 is 1.74 bits per heavy atom. The van der Waals surface area contributed by atoms with Gasteiger partial charge in [-0.25, -0.2) is 8.78 Å². The van der Waals surface area contributed by atoms with Crippen molar-refractivity contribution in [1.29, 1.82) is 0 Å². The first-order chi connectivity index (χ1) is 22.5. The van der Waals surface area contributed by atoms with Gasteiger partial charge in [-0.05, 0) is 66.7 Å². The first kappa shape index (κ1) is 32.2. The van der Waals surface area contributed by atoms with Gasteiger partial charge >= 0.3 is 6.18 Å². The van der Waals surface area contributed by atoms with Crippen molar-refractivity contribution in [2.24, 2.45) is 5.10 Å². The van der Waals surface area contributed by atoms with E-state index in [1.807, 2.05) is 23.2 Å². The number of benzene rings is 2. The van der Waals surface area contributed by atoms with Crippen LogP contribution >= 0.6 is 11.3 Å². The van der Waals surface area contributed by atoms with Gasteiger partial charge in [0.05, 0.1) is 32.6 Å². The highest BCUT2D eigenvalue weighted by molar-refractivity contribution is 7.22. The molecule has 0 N–H and O–H groups in total. The van der Waals surface area contributed by atoms with E-state index < -0.39 is 35.6 Å². The van der Waals surface area contributed by atoms with Crippen molar-refractivity contribution in [3.8, 4) is 22.1 Å². The number of piperazine rings is 1. The lowest BCUT2D eigenvalue weighted by Crippen LogP contribution is -2.41. The monoisotopic (exact) mass is 665 g/mol. The van der Waals surface area contributed by atoms with E-state index in [2.05, 4.69) is 27.0 Å². The molecule has 0 aliphatic carbocycles. The number of thiophene rings is 1. The Balaban J connectivity index is 1.12. The number of carbonyl (C=O) groups is 1. The molecule has 1 fully saturated rings. The van der Waals surface area contributed by atoms with Crippen LogP contribution in [-0.2, 0) is 23.8 Å². The van der Waals surface area contributed by atoms with Crippen molar-refractivity contribution in [3.63, 3.8) is 0 Å². The third-order valence-electron chi connectivity index (χ3n) is 7.64. The molecule has 1 aliphatic rings. The number of Topliss-reactive ketones (excluding diaryl/α,β-unsaturated/α-hetero) is 1. The van der Waals surface area contributed by atoms with Gasteiger partial charge in [-0.3, -0.25) is 19.8 Å². The minimum Gasteiger partial charge on any atom is -0.453 e. The zero-order valence-corrected chi connectivity index (χ0v) is 25.9. The van der Waals surface area contributed by atoms with Gasteiger partial charge in [-0.15, -0.1) is 11.3 Å². The molecule has 3 aromatic heterocycles. The Bertz CT molecular complexity index is 1940. The molecule has 5 aromatic rings. The molecule has 0 amide bonds. The summed E-state index contributed by atoms with van der Waals surface area (Å²) in [6.07, 6.45) is -0.425. The van der Waals surface area contributed by atoms with E-state index in [0.29, 0.717) is 34.2 Å². The number of nitrogens with zero attached hydrogens (tertiary/aromatic N) is 5. The van der Waals surface area contributed by atoms with Crippen LogP contribution in [0.5, 0.6) is 11.5 Å². The van der Waals surface area contributed by atoms with Gasteiger partial charge in [-0.2, -0.15) is 18.3 Å². The summed E-state index contributed by atoms with van der Waals surface area (Å²) in [5.74, 6) is -1.93. The maximum absolute atomic E-state index is 15.1. The molecule has 242 valence electrons. The van der Waals surface area contributed by atoms with Gasteiger partial charge in [-0.1, -0.05) is 6.07 Å². The molecule has 0 atom stereocenters. The molecule has 0 spiro atoms. The van der Waals surface area contributed by atoms with Gasteiger partial charge in [0, 0.05) is 63.0 Å². The average Bonchev–Trinajstić information content (AvgIpc) is 3.48. The second kappa shape index (κ2) is 13.5.